The van der Waals surface area contributed by atoms with Crippen LogP contribution in [-0.4, -0.2) is 34.2 Å². The minimum absolute atomic E-state index is 0.0345. The largest absolute Gasteiger partial charge is 0.278 e. The third kappa shape index (κ3) is 3.82. The summed E-state index contributed by atoms with van der Waals surface area (Å²) >= 11 is 5.96. The lowest BCUT2D eigenvalue weighted by Gasteiger charge is -2.16. The Kier molecular flexibility index (Phi) is 5.06. The summed E-state index contributed by atoms with van der Waals surface area (Å²) in [5, 5.41) is 0.277. The van der Waals surface area contributed by atoms with E-state index in [0.717, 1.165) is 12.8 Å². The molecular weight excluding hydrogens is 384 g/mol. The van der Waals surface area contributed by atoms with Gasteiger partial charge in [-0.2, -0.15) is 4.31 Å². The van der Waals surface area contributed by atoms with E-state index in [2.05, 4.69) is 4.72 Å². The number of anilines is 1. The molecule has 1 saturated heterocycles. The van der Waals surface area contributed by atoms with Crippen LogP contribution in [0.2, 0.25) is 5.02 Å². The standard InChI is InChI=1S/C16H17ClN2O4S2/c17-15-5-1-2-6-16(15)18-24(20,21)13-7-9-14(10-8-13)25(22,23)19-11-3-4-12-19/h1-2,5-10,18H,3-4,11-12H2. The smallest absolute Gasteiger partial charge is 0.261 e. The predicted octanol–water partition coefficient (Wildman–Crippen LogP) is 2.93. The molecule has 2 aromatic carbocycles. The van der Waals surface area contributed by atoms with Crippen LogP contribution in [0.15, 0.2) is 58.3 Å². The molecule has 1 aliphatic rings. The van der Waals surface area contributed by atoms with Crippen molar-refractivity contribution < 1.29 is 16.8 Å². The second-order valence-corrected chi connectivity index (χ2v) is 9.70. The van der Waals surface area contributed by atoms with Crippen LogP contribution in [0.3, 0.4) is 0 Å². The average Bonchev–Trinajstić information content (AvgIpc) is 3.12. The molecule has 0 bridgehead atoms. The van der Waals surface area contributed by atoms with Gasteiger partial charge in [-0.15, -0.1) is 0 Å². The normalized spacial score (nSPS) is 16.0. The first-order valence-electron chi connectivity index (χ1n) is 7.68. The summed E-state index contributed by atoms with van der Waals surface area (Å²) in [5.74, 6) is 0. The highest BCUT2D eigenvalue weighted by atomic mass is 35.5. The third-order valence-corrected chi connectivity index (χ3v) is 7.58. The van der Waals surface area contributed by atoms with Crippen molar-refractivity contribution in [2.24, 2.45) is 0 Å². The van der Waals surface area contributed by atoms with Crippen molar-refractivity contribution in [2.45, 2.75) is 22.6 Å². The van der Waals surface area contributed by atoms with E-state index in [4.69, 9.17) is 11.6 Å². The van der Waals surface area contributed by atoms with Gasteiger partial charge in [-0.1, -0.05) is 23.7 Å². The van der Waals surface area contributed by atoms with Crippen LogP contribution in [0.4, 0.5) is 5.69 Å². The van der Waals surface area contributed by atoms with Gasteiger partial charge in [0.1, 0.15) is 0 Å². The van der Waals surface area contributed by atoms with E-state index < -0.39 is 20.0 Å². The zero-order chi connectivity index (χ0) is 18.1. The van der Waals surface area contributed by atoms with Crippen molar-refractivity contribution >= 4 is 37.3 Å². The summed E-state index contributed by atoms with van der Waals surface area (Å²) in [6, 6.07) is 11.7. The second-order valence-electron chi connectivity index (χ2n) is 5.67. The monoisotopic (exact) mass is 400 g/mol. The van der Waals surface area contributed by atoms with Crippen LogP contribution in [0.5, 0.6) is 0 Å². The lowest BCUT2D eigenvalue weighted by atomic mass is 10.3. The molecule has 0 saturated carbocycles. The summed E-state index contributed by atoms with van der Waals surface area (Å²) in [4.78, 5) is 0.0545. The SMILES string of the molecule is O=S(=O)(Nc1ccccc1Cl)c1ccc(S(=O)(=O)N2CCCC2)cc1. The molecule has 2 aromatic rings. The number of hydrogen-bond donors (Lipinski definition) is 1. The summed E-state index contributed by atoms with van der Waals surface area (Å²) < 4.78 is 53.6. The number of halogens is 1. The number of rotatable bonds is 5. The number of sulfonamides is 2. The van der Waals surface area contributed by atoms with Crippen LogP contribution in [0.1, 0.15) is 12.8 Å². The van der Waals surface area contributed by atoms with E-state index in [0.29, 0.717) is 13.1 Å². The van der Waals surface area contributed by atoms with Gasteiger partial charge in [-0.25, -0.2) is 16.8 Å². The van der Waals surface area contributed by atoms with E-state index in [1.165, 1.54) is 28.6 Å². The molecule has 3 rings (SSSR count). The van der Waals surface area contributed by atoms with Crippen LogP contribution in [-0.2, 0) is 20.0 Å². The quantitative estimate of drug-likeness (QED) is 0.836. The maximum atomic E-state index is 12.5. The van der Waals surface area contributed by atoms with E-state index in [9.17, 15) is 16.8 Å². The molecule has 0 amide bonds. The van der Waals surface area contributed by atoms with Gasteiger partial charge in [0.05, 0.1) is 20.5 Å². The van der Waals surface area contributed by atoms with E-state index >= 15 is 0 Å². The fraction of sp³-hybridized carbons (Fsp3) is 0.250. The minimum atomic E-state index is -3.86. The Hall–Kier alpha value is -1.61. The fourth-order valence-corrected chi connectivity index (χ4v) is 5.45. The summed E-state index contributed by atoms with van der Waals surface area (Å²) in [6.07, 6.45) is 1.68. The zero-order valence-corrected chi connectivity index (χ0v) is 15.6. The van der Waals surface area contributed by atoms with E-state index in [-0.39, 0.29) is 20.5 Å². The molecule has 0 aromatic heterocycles. The van der Waals surface area contributed by atoms with Crippen molar-refractivity contribution in [1.82, 2.24) is 4.31 Å². The first kappa shape index (κ1) is 18.2. The predicted molar refractivity (Wildman–Crippen MR) is 96.7 cm³/mol. The molecule has 6 nitrogen and oxygen atoms in total. The molecule has 9 heteroatoms. The Morgan fingerprint density at radius 3 is 2.00 bits per heavy atom. The van der Waals surface area contributed by atoms with Gasteiger partial charge in [0.25, 0.3) is 10.0 Å². The Labute approximate surface area is 152 Å². The van der Waals surface area contributed by atoms with Crippen LogP contribution >= 0.6 is 11.6 Å². The fourth-order valence-electron chi connectivity index (χ4n) is 2.62. The number of nitrogens with zero attached hydrogens (tertiary/aromatic N) is 1. The third-order valence-electron chi connectivity index (χ3n) is 3.96. The average molecular weight is 401 g/mol. The Morgan fingerprint density at radius 1 is 0.840 bits per heavy atom. The van der Waals surface area contributed by atoms with E-state index in [1.54, 1.807) is 24.3 Å². The van der Waals surface area contributed by atoms with Crippen LogP contribution < -0.4 is 4.72 Å². The lowest BCUT2D eigenvalue weighted by molar-refractivity contribution is 0.477. The van der Waals surface area contributed by atoms with Crippen LogP contribution in [0.25, 0.3) is 0 Å². The van der Waals surface area contributed by atoms with Crippen molar-refractivity contribution in [1.29, 1.82) is 0 Å². The van der Waals surface area contributed by atoms with Gasteiger partial charge in [0, 0.05) is 13.1 Å². The van der Waals surface area contributed by atoms with Gasteiger partial charge in [0.2, 0.25) is 10.0 Å². The summed E-state index contributed by atoms with van der Waals surface area (Å²) in [5.41, 5.74) is 0.262. The molecule has 1 heterocycles. The number of benzene rings is 2. The van der Waals surface area contributed by atoms with Gasteiger partial charge in [-0.05, 0) is 49.2 Å². The molecule has 0 radical (unpaired) electrons. The van der Waals surface area contributed by atoms with Gasteiger partial charge in [0.15, 0.2) is 0 Å². The molecule has 1 fully saturated rings. The first-order valence-corrected chi connectivity index (χ1v) is 11.0. The number of nitrogens with one attached hydrogen (secondary N) is 1. The second kappa shape index (κ2) is 6.95. The number of hydrogen-bond acceptors (Lipinski definition) is 4. The van der Waals surface area contributed by atoms with Crippen LogP contribution in [0, 0.1) is 0 Å². The highest BCUT2D eigenvalue weighted by Gasteiger charge is 2.27. The van der Waals surface area contributed by atoms with Gasteiger partial charge < -0.3 is 0 Å². The van der Waals surface area contributed by atoms with Crippen molar-refractivity contribution in [3.8, 4) is 0 Å². The molecule has 25 heavy (non-hydrogen) atoms. The highest BCUT2D eigenvalue weighted by molar-refractivity contribution is 7.92. The lowest BCUT2D eigenvalue weighted by Crippen LogP contribution is -2.27. The Morgan fingerprint density at radius 2 is 1.40 bits per heavy atom. The highest BCUT2D eigenvalue weighted by Crippen LogP contribution is 2.25. The molecule has 0 aliphatic carbocycles. The summed E-state index contributed by atoms with van der Waals surface area (Å²) in [6.45, 7) is 0.993. The molecule has 134 valence electrons. The summed E-state index contributed by atoms with van der Waals surface area (Å²) in [7, 11) is -7.43. The molecule has 0 spiro atoms. The number of para-hydroxylation sites is 1. The van der Waals surface area contributed by atoms with E-state index in [1.807, 2.05) is 0 Å². The van der Waals surface area contributed by atoms with Gasteiger partial charge in [-0.3, -0.25) is 4.72 Å². The topological polar surface area (TPSA) is 83.5 Å². The van der Waals surface area contributed by atoms with Gasteiger partial charge >= 0.3 is 0 Å². The molecule has 1 N–H and O–H groups in total. The Bertz CT molecular complexity index is 967. The van der Waals surface area contributed by atoms with Crippen molar-refractivity contribution in [3.63, 3.8) is 0 Å². The van der Waals surface area contributed by atoms with Crippen molar-refractivity contribution in [3.05, 3.63) is 53.6 Å². The Balaban J connectivity index is 1.85. The minimum Gasteiger partial charge on any atom is -0.278 e. The molecular formula is C16H17ClN2O4S2. The maximum absolute atomic E-state index is 12.5. The first-order chi connectivity index (χ1) is 11.8. The van der Waals surface area contributed by atoms with Crippen molar-refractivity contribution in [2.75, 3.05) is 17.8 Å². The zero-order valence-electron chi connectivity index (χ0n) is 13.2. The molecule has 0 unspecified atom stereocenters. The molecule has 0 atom stereocenters. The maximum Gasteiger partial charge on any atom is 0.261 e. The molecule has 1 aliphatic heterocycles.